The lowest BCUT2D eigenvalue weighted by molar-refractivity contribution is -0.142. The first-order valence-corrected chi connectivity index (χ1v) is 7.79. The number of nitrogens with zero attached hydrogens (tertiary/aromatic N) is 1. The van der Waals surface area contributed by atoms with Gasteiger partial charge in [-0.1, -0.05) is 11.6 Å². The maximum atomic E-state index is 13.7. The third-order valence-corrected chi connectivity index (χ3v) is 4.57. The predicted octanol–water partition coefficient (Wildman–Crippen LogP) is 3.49. The van der Waals surface area contributed by atoms with E-state index in [1.54, 1.807) is 4.90 Å². The van der Waals surface area contributed by atoms with Crippen molar-refractivity contribution in [2.45, 2.75) is 38.2 Å². The van der Waals surface area contributed by atoms with E-state index >= 15 is 0 Å². The smallest absolute Gasteiger partial charge is 0.242 e. The maximum absolute atomic E-state index is 13.7. The van der Waals surface area contributed by atoms with Crippen molar-refractivity contribution >= 4 is 29.1 Å². The van der Waals surface area contributed by atoms with Gasteiger partial charge in [0.1, 0.15) is 5.82 Å². The molecule has 0 aromatic heterocycles. The van der Waals surface area contributed by atoms with Gasteiger partial charge in [0.05, 0.1) is 11.6 Å². The Bertz CT molecular complexity index is 563. The lowest BCUT2D eigenvalue weighted by Crippen LogP contribution is -2.61. The molecular weight excluding hydrogens is 314 g/mol. The fraction of sp³-hybridized carbons (Fsp3) is 0.533. The van der Waals surface area contributed by atoms with E-state index < -0.39 is 11.4 Å². The zero-order chi connectivity index (χ0) is 15.8. The van der Waals surface area contributed by atoms with Crippen LogP contribution in [0.3, 0.4) is 0 Å². The van der Waals surface area contributed by atoms with E-state index in [9.17, 15) is 9.18 Å². The molecule has 116 valence electrons. The number of benzene rings is 1. The molecular formula is C15H19Cl2FN2O. The summed E-state index contributed by atoms with van der Waals surface area (Å²) in [4.78, 5) is 14.3. The average molecular weight is 333 g/mol. The van der Waals surface area contributed by atoms with Crippen LogP contribution < -0.4 is 5.32 Å². The highest BCUT2D eigenvalue weighted by Gasteiger charge is 2.38. The molecule has 1 fully saturated rings. The monoisotopic (exact) mass is 332 g/mol. The zero-order valence-corrected chi connectivity index (χ0v) is 13.9. The van der Waals surface area contributed by atoms with Gasteiger partial charge in [0, 0.05) is 24.0 Å². The number of alkyl halides is 1. The second-order valence-electron chi connectivity index (χ2n) is 5.82. The van der Waals surface area contributed by atoms with Crippen LogP contribution in [0.15, 0.2) is 12.1 Å². The quantitative estimate of drug-likeness (QED) is 0.859. The topological polar surface area (TPSA) is 32.3 Å². The Morgan fingerprint density at radius 2 is 2.14 bits per heavy atom. The number of amides is 1. The molecule has 6 heteroatoms. The summed E-state index contributed by atoms with van der Waals surface area (Å²) >= 11 is 12.0. The summed E-state index contributed by atoms with van der Waals surface area (Å²) in [5.41, 5.74) is 0.725. The minimum absolute atomic E-state index is 0.0119. The molecule has 1 aliphatic rings. The minimum Gasteiger partial charge on any atom is -0.333 e. The molecule has 1 amide bonds. The largest absolute Gasteiger partial charge is 0.333 e. The molecule has 0 aliphatic carbocycles. The van der Waals surface area contributed by atoms with E-state index in [0.717, 1.165) is 0 Å². The third-order valence-electron chi connectivity index (χ3n) is 3.96. The normalized spacial score (nSPS) is 19.7. The molecule has 1 N–H and O–H groups in total. The maximum Gasteiger partial charge on any atom is 0.242 e. The van der Waals surface area contributed by atoms with Gasteiger partial charge in [-0.15, -0.1) is 11.6 Å². The van der Waals surface area contributed by atoms with Crippen molar-refractivity contribution in [3.05, 3.63) is 34.1 Å². The molecule has 1 unspecified atom stereocenters. The number of carbonyl (C=O) groups excluding carboxylic acids is 1. The molecule has 3 nitrogen and oxygen atoms in total. The van der Waals surface area contributed by atoms with Gasteiger partial charge >= 0.3 is 0 Å². The fourth-order valence-electron chi connectivity index (χ4n) is 2.70. The van der Waals surface area contributed by atoms with Crippen molar-refractivity contribution < 1.29 is 9.18 Å². The predicted molar refractivity (Wildman–Crippen MR) is 83.2 cm³/mol. The SMILES string of the molecule is CC(c1cc(F)cc(Cl)c1CCl)N1CCNC(C)(C)C1=O. The van der Waals surface area contributed by atoms with E-state index in [1.807, 2.05) is 20.8 Å². The van der Waals surface area contributed by atoms with Gasteiger partial charge in [0.25, 0.3) is 0 Å². The zero-order valence-electron chi connectivity index (χ0n) is 12.3. The van der Waals surface area contributed by atoms with Crippen molar-refractivity contribution in [1.29, 1.82) is 0 Å². The van der Waals surface area contributed by atoms with Gasteiger partial charge in [-0.05, 0) is 44.0 Å². The molecule has 0 bridgehead atoms. The first kappa shape index (κ1) is 16.5. The van der Waals surface area contributed by atoms with Crippen molar-refractivity contribution in [1.82, 2.24) is 10.2 Å². The average Bonchev–Trinajstić information content (AvgIpc) is 2.40. The number of carbonyl (C=O) groups is 1. The van der Waals surface area contributed by atoms with Gasteiger partial charge in [0.15, 0.2) is 0 Å². The molecule has 1 heterocycles. The standard InChI is InChI=1S/C15H19Cl2FN2O/c1-9(20-5-4-19-15(2,3)14(20)21)11-6-10(18)7-13(17)12(11)8-16/h6-7,9,19H,4-5,8H2,1-3H3. The number of hydrogen-bond donors (Lipinski definition) is 1. The highest BCUT2D eigenvalue weighted by atomic mass is 35.5. The Balaban J connectivity index is 2.40. The van der Waals surface area contributed by atoms with E-state index in [-0.39, 0.29) is 17.8 Å². The highest BCUT2D eigenvalue weighted by Crippen LogP contribution is 2.32. The molecule has 1 aromatic carbocycles. The Morgan fingerprint density at radius 3 is 2.76 bits per heavy atom. The fourth-order valence-corrected chi connectivity index (χ4v) is 3.35. The van der Waals surface area contributed by atoms with Crippen molar-refractivity contribution in [2.75, 3.05) is 13.1 Å². The van der Waals surface area contributed by atoms with Crippen LogP contribution in [0.1, 0.15) is 37.9 Å². The summed E-state index contributed by atoms with van der Waals surface area (Å²) in [6.45, 7) is 6.83. The third kappa shape index (κ3) is 3.17. The second-order valence-corrected chi connectivity index (χ2v) is 6.49. The van der Waals surface area contributed by atoms with E-state index in [4.69, 9.17) is 23.2 Å². The Kier molecular flexibility index (Phi) is 4.81. The van der Waals surface area contributed by atoms with Crippen LogP contribution >= 0.6 is 23.2 Å². The molecule has 0 radical (unpaired) electrons. The van der Waals surface area contributed by atoms with E-state index in [0.29, 0.717) is 29.2 Å². The molecule has 1 atom stereocenters. The summed E-state index contributed by atoms with van der Waals surface area (Å²) in [6, 6.07) is 2.39. The molecule has 2 rings (SSSR count). The van der Waals surface area contributed by atoms with E-state index in [2.05, 4.69) is 5.32 Å². The number of hydrogen-bond acceptors (Lipinski definition) is 2. The summed E-state index contributed by atoms with van der Waals surface area (Å²) in [5.74, 6) is -0.248. The second kappa shape index (κ2) is 6.11. The van der Waals surface area contributed by atoms with Gasteiger partial charge < -0.3 is 10.2 Å². The minimum atomic E-state index is -0.620. The number of halogens is 3. The van der Waals surface area contributed by atoms with Crippen LogP contribution in [-0.4, -0.2) is 29.4 Å². The summed E-state index contributed by atoms with van der Waals surface area (Å²) in [7, 11) is 0. The van der Waals surface area contributed by atoms with Crippen molar-refractivity contribution in [3.63, 3.8) is 0 Å². The molecule has 0 spiro atoms. The van der Waals surface area contributed by atoms with E-state index in [1.165, 1.54) is 12.1 Å². The van der Waals surface area contributed by atoms with Gasteiger partial charge in [0.2, 0.25) is 5.91 Å². The Morgan fingerprint density at radius 1 is 1.48 bits per heavy atom. The summed E-state index contributed by atoms with van der Waals surface area (Å²) in [6.07, 6.45) is 0. The van der Waals surface area contributed by atoms with Gasteiger partial charge in [-0.25, -0.2) is 4.39 Å². The number of rotatable bonds is 3. The van der Waals surface area contributed by atoms with Crippen LogP contribution in [0, 0.1) is 5.82 Å². The lowest BCUT2D eigenvalue weighted by atomic mass is 9.95. The van der Waals surface area contributed by atoms with Crippen LogP contribution in [-0.2, 0) is 10.7 Å². The van der Waals surface area contributed by atoms with Crippen LogP contribution in [0.25, 0.3) is 0 Å². The number of nitrogens with one attached hydrogen (secondary N) is 1. The van der Waals surface area contributed by atoms with Gasteiger partial charge in [-0.3, -0.25) is 4.79 Å². The van der Waals surface area contributed by atoms with Crippen LogP contribution in [0.4, 0.5) is 4.39 Å². The summed E-state index contributed by atoms with van der Waals surface area (Å²) < 4.78 is 13.7. The molecule has 1 saturated heterocycles. The van der Waals surface area contributed by atoms with Crippen LogP contribution in [0.5, 0.6) is 0 Å². The molecule has 0 saturated carbocycles. The summed E-state index contributed by atoms with van der Waals surface area (Å²) in [5, 5.41) is 3.48. The van der Waals surface area contributed by atoms with Crippen molar-refractivity contribution in [2.24, 2.45) is 0 Å². The van der Waals surface area contributed by atoms with Gasteiger partial charge in [-0.2, -0.15) is 0 Å². The molecule has 1 aromatic rings. The first-order chi connectivity index (χ1) is 9.77. The number of piperazine rings is 1. The highest BCUT2D eigenvalue weighted by molar-refractivity contribution is 6.32. The Hall–Kier alpha value is -0.840. The molecule has 21 heavy (non-hydrogen) atoms. The Labute approximate surface area is 134 Å². The first-order valence-electron chi connectivity index (χ1n) is 6.88. The lowest BCUT2D eigenvalue weighted by Gasteiger charge is -2.41. The van der Waals surface area contributed by atoms with Crippen LogP contribution in [0.2, 0.25) is 5.02 Å². The molecule has 1 aliphatic heterocycles. The van der Waals surface area contributed by atoms with Crippen molar-refractivity contribution in [3.8, 4) is 0 Å².